The summed E-state index contributed by atoms with van der Waals surface area (Å²) in [6, 6.07) is 5.64. The Kier molecular flexibility index (Phi) is 5.57. The van der Waals surface area contributed by atoms with Gasteiger partial charge in [0, 0.05) is 35.2 Å². The van der Waals surface area contributed by atoms with E-state index in [1.54, 1.807) is 12.4 Å². The highest BCUT2D eigenvalue weighted by molar-refractivity contribution is 7.07. The summed E-state index contributed by atoms with van der Waals surface area (Å²) in [5.41, 5.74) is 4.39. The quantitative estimate of drug-likeness (QED) is 0.658. The number of carbonyl (C=O) groups is 1. The average molecular weight is 380 g/mol. The van der Waals surface area contributed by atoms with Gasteiger partial charge >= 0.3 is 0 Å². The van der Waals surface area contributed by atoms with Crippen LogP contribution in [0.2, 0.25) is 5.02 Å². The van der Waals surface area contributed by atoms with Gasteiger partial charge in [0.2, 0.25) is 5.91 Å². The van der Waals surface area contributed by atoms with Crippen molar-refractivity contribution in [3.8, 4) is 5.75 Å². The molecule has 0 saturated carbocycles. The van der Waals surface area contributed by atoms with E-state index in [4.69, 9.17) is 21.1 Å². The van der Waals surface area contributed by atoms with Crippen LogP contribution in [0.3, 0.4) is 0 Å². The van der Waals surface area contributed by atoms with Gasteiger partial charge in [-0.3, -0.25) is 4.79 Å². The number of fused-ring (bicyclic) bond motifs is 1. The lowest BCUT2D eigenvalue weighted by Crippen LogP contribution is -2.33. The molecule has 2 N–H and O–H groups in total. The number of nitrogens with one attached hydrogen (secondary N) is 2. The molecule has 0 spiro atoms. The van der Waals surface area contributed by atoms with E-state index in [0.29, 0.717) is 23.9 Å². The molecule has 3 rings (SSSR count). The zero-order chi connectivity index (χ0) is 17.8. The van der Waals surface area contributed by atoms with E-state index in [1.165, 1.54) is 18.4 Å². The lowest BCUT2D eigenvalue weighted by molar-refractivity contribution is -0.130. The van der Waals surface area contributed by atoms with Gasteiger partial charge in [-0.15, -0.1) is 11.3 Å². The maximum absolute atomic E-state index is 11.8. The number of hydrogen-bond acceptors (Lipinski definition) is 5. The van der Waals surface area contributed by atoms with Crippen LogP contribution in [0, 0.1) is 0 Å². The Bertz CT molecular complexity index is 864. The molecular weight excluding hydrogens is 362 g/mol. The molecule has 1 atom stereocenters. The molecule has 132 valence electrons. The van der Waals surface area contributed by atoms with Gasteiger partial charge in [0.05, 0.1) is 22.8 Å². The third kappa shape index (κ3) is 4.31. The average Bonchev–Trinajstić information content (AvgIpc) is 3.25. The Morgan fingerprint density at radius 1 is 1.44 bits per heavy atom. The molecule has 0 radical (unpaired) electrons. The van der Waals surface area contributed by atoms with Gasteiger partial charge in [-0.1, -0.05) is 11.6 Å². The first-order valence-corrected chi connectivity index (χ1v) is 9.00. The molecule has 1 unspecified atom stereocenters. The fourth-order valence-corrected chi connectivity index (χ4v) is 3.06. The van der Waals surface area contributed by atoms with Gasteiger partial charge < -0.3 is 19.8 Å². The summed E-state index contributed by atoms with van der Waals surface area (Å²) in [6.45, 7) is 2.45. The number of amides is 1. The Morgan fingerprint density at radius 3 is 3.00 bits per heavy atom. The van der Waals surface area contributed by atoms with Crippen molar-refractivity contribution in [1.82, 2.24) is 15.3 Å². The number of rotatable bonds is 7. The van der Waals surface area contributed by atoms with Gasteiger partial charge in [0.15, 0.2) is 0 Å². The fourth-order valence-electron chi connectivity index (χ4n) is 2.29. The van der Waals surface area contributed by atoms with E-state index < -0.39 is 6.10 Å². The van der Waals surface area contributed by atoms with Gasteiger partial charge in [0.1, 0.15) is 18.5 Å². The second-order valence-corrected chi connectivity index (χ2v) is 6.65. The smallest absolute Gasteiger partial charge is 0.249 e. The molecule has 0 aliphatic carbocycles. The first-order valence-electron chi connectivity index (χ1n) is 7.68. The van der Waals surface area contributed by atoms with Crippen molar-refractivity contribution in [2.45, 2.75) is 26.2 Å². The third-order valence-corrected chi connectivity index (χ3v) is 4.69. The molecule has 0 saturated heterocycles. The lowest BCUT2D eigenvalue weighted by Gasteiger charge is -2.09. The number of methoxy groups -OCH3 is 1. The van der Waals surface area contributed by atoms with Crippen molar-refractivity contribution in [2.24, 2.45) is 0 Å². The van der Waals surface area contributed by atoms with Gasteiger partial charge in [0.25, 0.3) is 0 Å². The van der Waals surface area contributed by atoms with Crippen molar-refractivity contribution in [3.63, 3.8) is 0 Å². The minimum atomic E-state index is -0.482. The summed E-state index contributed by atoms with van der Waals surface area (Å²) >= 11 is 7.82. The minimum Gasteiger partial charge on any atom is -0.486 e. The first-order chi connectivity index (χ1) is 12.1. The van der Waals surface area contributed by atoms with Crippen LogP contribution in [0.5, 0.6) is 5.75 Å². The van der Waals surface area contributed by atoms with Crippen LogP contribution in [-0.2, 0) is 22.7 Å². The van der Waals surface area contributed by atoms with Gasteiger partial charge in [-0.2, -0.15) is 0 Å². The normalized spacial score (nSPS) is 12.3. The molecule has 0 aliphatic rings. The largest absolute Gasteiger partial charge is 0.486 e. The Labute approximate surface area is 154 Å². The maximum Gasteiger partial charge on any atom is 0.249 e. The molecule has 1 amide bonds. The topological polar surface area (TPSA) is 76.2 Å². The van der Waals surface area contributed by atoms with Crippen molar-refractivity contribution >= 4 is 39.7 Å². The summed E-state index contributed by atoms with van der Waals surface area (Å²) in [5.74, 6) is 0.430. The van der Waals surface area contributed by atoms with Crippen LogP contribution in [0.25, 0.3) is 10.9 Å². The van der Waals surface area contributed by atoms with Crippen LogP contribution in [0.4, 0.5) is 0 Å². The van der Waals surface area contributed by atoms with E-state index in [9.17, 15) is 4.79 Å². The summed E-state index contributed by atoms with van der Waals surface area (Å²) in [5, 5.41) is 6.24. The number of thiazole rings is 1. The monoisotopic (exact) mass is 379 g/mol. The molecule has 1 aromatic carbocycles. The molecule has 2 heterocycles. The number of halogens is 1. The number of nitrogens with zero attached hydrogens (tertiary/aromatic N) is 1. The van der Waals surface area contributed by atoms with Crippen molar-refractivity contribution < 1.29 is 14.3 Å². The second-order valence-electron chi connectivity index (χ2n) is 5.53. The standard InChI is InChI=1S/C17H18ClN3O3S/c1-10(23-2)17(22)19-6-12-3-11-4-14(18)16(5-15(11)21-12)24-7-13-8-25-9-20-13/h3-5,8-10,21H,6-7H2,1-2H3,(H,19,22). The second kappa shape index (κ2) is 7.86. The SMILES string of the molecule is COC(C)C(=O)NCc1cc2cc(Cl)c(OCc3cscn3)cc2[nH]1. The zero-order valence-electron chi connectivity index (χ0n) is 13.8. The fraction of sp³-hybridized carbons (Fsp3) is 0.294. The number of benzene rings is 1. The number of aromatic nitrogens is 2. The first kappa shape index (κ1) is 17.7. The van der Waals surface area contributed by atoms with E-state index in [2.05, 4.69) is 15.3 Å². The van der Waals surface area contributed by atoms with Crippen LogP contribution in [0.15, 0.2) is 29.1 Å². The molecule has 8 heteroatoms. The van der Waals surface area contributed by atoms with E-state index in [1.807, 2.05) is 23.6 Å². The molecule has 25 heavy (non-hydrogen) atoms. The summed E-state index contributed by atoms with van der Waals surface area (Å²) in [4.78, 5) is 19.2. The van der Waals surface area contributed by atoms with Gasteiger partial charge in [-0.05, 0) is 19.1 Å². The van der Waals surface area contributed by atoms with Gasteiger partial charge in [-0.25, -0.2) is 4.98 Å². The molecule has 0 aliphatic heterocycles. The number of ether oxygens (including phenoxy) is 2. The minimum absolute atomic E-state index is 0.161. The van der Waals surface area contributed by atoms with Crippen LogP contribution < -0.4 is 10.1 Å². The maximum atomic E-state index is 11.8. The predicted octanol–water partition coefficient (Wildman–Crippen LogP) is 3.51. The van der Waals surface area contributed by atoms with E-state index in [0.717, 1.165) is 22.3 Å². The molecule has 3 aromatic rings. The summed E-state index contributed by atoms with van der Waals surface area (Å²) in [7, 11) is 1.50. The van der Waals surface area contributed by atoms with E-state index in [-0.39, 0.29) is 5.91 Å². The molecule has 6 nitrogen and oxygen atoms in total. The van der Waals surface area contributed by atoms with Crippen molar-refractivity contribution in [2.75, 3.05) is 7.11 Å². The highest BCUT2D eigenvalue weighted by Crippen LogP contribution is 2.31. The zero-order valence-corrected chi connectivity index (χ0v) is 15.4. The highest BCUT2D eigenvalue weighted by Gasteiger charge is 2.12. The number of carbonyl (C=O) groups excluding carboxylic acids is 1. The lowest BCUT2D eigenvalue weighted by atomic mass is 10.2. The Balaban J connectivity index is 1.70. The molecule has 0 fully saturated rings. The molecular formula is C17H18ClN3O3S. The number of hydrogen-bond donors (Lipinski definition) is 2. The van der Waals surface area contributed by atoms with Crippen LogP contribution >= 0.6 is 22.9 Å². The Hall–Kier alpha value is -2.09. The summed E-state index contributed by atoms with van der Waals surface area (Å²) in [6.07, 6.45) is -0.482. The van der Waals surface area contributed by atoms with E-state index >= 15 is 0 Å². The highest BCUT2D eigenvalue weighted by atomic mass is 35.5. The molecule has 0 bridgehead atoms. The third-order valence-electron chi connectivity index (χ3n) is 3.76. The van der Waals surface area contributed by atoms with Crippen LogP contribution in [0.1, 0.15) is 18.3 Å². The number of aromatic amines is 1. The number of H-pyrrole nitrogens is 1. The van der Waals surface area contributed by atoms with Crippen LogP contribution in [-0.4, -0.2) is 29.1 Å². The van der Waals surface area contributed by atoms with Crippen molar-refractivity contribution in [3.05, 3.63) is 45.5 Å². The van der Waals surface area contributed by atoms with Crippen molar-refractivity contribution in [1.29, 1.82) is 0 Å². The molecule has 2 aromatic heterocycles. The predicted molar refractivity (Wildman–Crippen MR) is 98.1 cm³/mol. The Morgan fingerprint density at radius 2 is 2.28 bits per heavy atom. The summed E-state index contributed by atoms with van der Waals surface area (Å²) < 4.78 is 10.7.